The number of hydrogen-bond donors (Lipinski definition) is 1. The largest absolute Gasteiger partial charge is 0.480 e. The fraction of sp³-hybridized carbons (Fsp3) is 0.600. The van der Waals surface area contributed by atoms with Crippen LogP contribution in [0.25, 0.3) is 0 Å². The molecule has 1 aliphatic rings. The van der Waals surface area contributed by atoms with E-state index in [1.54, 1.807) is 11.8 Å². The molecule has 4 nitrogen and oxygen atoms in total. The van der Waals surface area contributed by atoms with Crippen molar-refractivity contribution in [3.05, 3.63) is 12.4 Å². The second-order valence-corrected chi connectivity index (χ2v) is 4.50. The highest BCUT2D eigenvalue weighted by Crippen LogP contribution is 2.44. The number of nitrogens with zero attached hydrogens (tertiary/aromatic N) is 2. The van der Waals surface area contributed by atoms with Gasteiger partial charge in [-0.1, -0.05) is 0 Å². The van der Waals surface area contributed by atoms with Crippen molar-refractivity contribution >= 4 is 30.1 Å². The fourth-order valence-corrected chi connectivity index (χ4v) is 1.96. The van der Waals surface area contributed by atoms with E-state index >= 15 is 0 Å². The third-order valence-corrected chi connectivity index (χ3v) is 3.35. The predicted octanol–water partition coefficient (Wildman–Crippen LogP) is 2.53. The summed E-state index contributed by atoms with van der Waals surface area (Å²) in [5.41, 5.74) is -0.274. The lowest BCUT2D eigenvalue weighted by atomic mass is 10.3. The summed E-state index contributed by atoms with van der Waals surface area (Å²) >= 11 is 1.66. The summed E-state index contributed by atoms with van der Waals surface area (Å²) < 4.78 is 7.15. The average molecular weight is 262 g/mol. The molecule has 0 amide bonds. The van der Waals surface area contributed by atoms with Gasteiger partial charge in [-0.15, -0.1) is 24.2 Å². The van der Waals surface area contributed by atoms with Gasteiger partial charge in [0.1, 0.15) is 5.54 Å². The van der Waals surface area contributed by atoms with Crippen molar-refractivity contribution in [1.29, 1.82) is 5.41 Å². The molecule has 0 aliphatic heterocycles. The van der Waals surface area contributed by atoms with E-state index in [2.05, 4.69) is 5.10 Å². The summed E-state index contributed by atoms with van der Waals surface area (Å²) in [6.45, 7) is 2.46. The highest BCUT2D eigenvalue weighted by Gasteiger charge is 2.51. The summed E-state index contributed by atoms with van der Waals surface area (Å²) in [4.78, 5) is 1.13. The van der Waals surface area contributed by atoms with Crippen molar-refractivity contribution in [1.82, 2.24) is 9.78 Å². The molecule has 0 unspecified atom stereocenters. The van der Waals surface area contributed by atoms with Crippen LogP contribution < -0.4 is 0 Å². The minimum atomic E-state index is -0.274. The second-order valence-electron chi connectivity index (χ2n) is 3.62. The zero-order chi connectivity index (χ0) is 10.9. The Kier molecular flexibility index (Phi) is 4.27. The van der Waals surface area contributed by atoms with Gasteiger partial charge in [0, 0.05) is 11.1 Å². The number of hydrogen-bond acceptors (Lipinski definition) is 4. The first kappa shape index (κ1) is 13.4. The number of rotatable bonds is 4. The van der Waals surface area contributed by atoms with Crippen LogP contribution in [0.1, 0.15) is 19.8 Å². The van der Waals surface area contributed by atoms with Crippen molar-refractivity contribution in [2.45, 2.75) is 30.2 Å². The Labute approximate surface area is 106 Å². The molecule has 2 rings (SSSR count). The number of nitrogens with one attached hydrogen (secondary N) is 1. The summed E-state index contributed by atoms with van der Waals surface area (Å²) in [6.07, 6.45) is 7.77. The van der Waals surface area contributed by atoms with Crippen LogP contribution in [-0.2, 0) is 10.3 Å². The molecule has 1 heterocycles. The normalized spacial score (nSPS) is 16.4. The molecular weight excluding hydrogens is 246 g/mol. The molecular formula is C10H16ClN3OS. The zero-order valence-corrected chi connectivity index (χ0v) is 11.0. The fourth-order valence-electron chi connectivity index (χ4n) is 1.60. The van der Waals surface area contributed by atoms with Crippen molar-refractivity contribution in [2.24, 2.45) is 0 Å². The van der Waals surface area contributed by atoms with Gasteiger partial charge < -0.3 is 4.74 Å². The summed E-state index contributed by atoms with van der Waals surface area (Å²) in [5, 5.41) is 12.2. The van der Waals surface area contributed by atoms with Gasteiger partial charge >= 0.3 is 0 Å². The number of halogens is 1. The molecule has 1 aromatic rings. The van der Waals surface area contributed by atoms with E-state index < -0.39 is 0 Å². The molecule has 0 atom stereocenters. The minimum Gasteiger partial charge on any atom is -0.480 e. The van der Waals surface area contributed by atoms with Crippen LogP contribution in [0.4, 0.5) is 0 Å². The van der Waals surface area contributed by atoms with E-state index in [4.69, 9.17) is 10.1 Å². The first-order valence-electron chi connectivity index (χ1n) is 5.04. The lowest BCUT2D eigenvalue weighted by Crippen LogP contribution is -2.29. The maximum Gasteiger partial charge on any atom is 0.209 e. The highest BCUT2D eigenvalue weighted by molar-refractivity contribution is 7.98. The van der Waals surface area contributed by atoms with Gasteiger partial charge in [-0.2, -0.15) is 5.10 Å². The quantitative estimate of drug-likeness (QED) is 0.515. The molecule has 0 saturated heterocycles. The zero-order valence-electron chi connectivity index (χ0n) is 9.40. The van der Waals surface area contributed by atoms with Gasteiger partial charge in [0.05, 0.1) is 12.8 Å². The SMILES string of the molecule is CCOC(=N)C1(n2cc(SC)cn2)CC1.Cl. The molecule has 1 N–H and O–H groups in total. The van der Waals surface area contributed by atoms with Gasteiger partial charge in [0.2, 0.25) is 5.90 Å². The molecule has 0 spiro atoms. The third kappa shape index (κ3) is 2.20. The standard InChI is InChI=1S/C10H15N3OS.ClH/c1-3-14-9(11)10(4-5-10)13-7-8(15-2)6-12-13;/h6-7,11H,3-5H2,1-2H3;1H. The molecule has 0 bridgehead atoms. The Morgan fingerprint density at radius 2 is 2.38 bits per heavy atom. The maximum atomic E-state index is 7.87. The van der Waals surface area contributed by atoms with Crippen molar-refractivity contribution in [3.8, 4) is 0 Å². The molecule has 0 radical (unpaired) electrons. The lowest BCUT2D eigenvalue weighted by Gasteiger charge is -2.16. The van der Waals surface area contributed by atoms with Crippen LogP contribution in [0.3, 0.4) is 0 Å². The van der Waals surface area contributed by atoms with E-state index in [0.29, 0.717) is 12.5 Å². The smallest absolute Gasteiger partial charge is 0.209 e. The number of ether oxygens (including phenoxy) is 1. The number of thioether (sulfide) groups is 1. The van der Waals surface area contributed by atoms with Crippen LogP contribution in [0.5, 0.6) is 0 Å². The lowest BCUT2D eigenvalue weighted by molar-refractivity contribution is 0.285. The molecule has 1 fully saturated rings. The van der Waals surface area contributed by atoms with E-state index in [0.717, 1.165) is 17.7 Å². The Morgan fingerprint density at radius 3 is 2.81 bits per heavy atom. The summed E-state index contributed by atoms with van der Waals surface area (Å²) in [6, 6.07) is 0. The van der Waals surface area contributed by atoms with Crippen LogP contribution in [0.15, 0.2) is 17.3 Å². The molecule has 16 heavy (non-hydrogen) atoms. The topological polar surface area (TPSA) is 50.9 Å². The van der Waals surface area contributed by atoms with Crippen molar-refractivity contribution < 1.29 is 4.74 Å². The van der Waals surface area contributed by atoms with Crippen LogP contribution >= 0.6 is 24.2 Å². The maximum absolute atomic E-state index is 7.87. The molecule has 1 aromatic heterocycles. The average Bonchev–Trinajstić information content (AvgIpc) is 2.91. The van der Waals surface area contributed by atoms with Crippen LogP contribution in [0.2, 0.25) is 0 Å². The van der Waals surface area contributed by atoms with E-state index in [-0.39, 0.29) is 17.9 Å². The Hall–Kier alpha value is -0.680. The van der Waals surface area contributed by atoms with Crippen molar-refractivity contribution in [3.63, 3.8) is 0 Å². The number of aromatic nitrogens is 2. The molecule has 0 aromatic carbocycles. The van der Waals surface area contributed by atoms with E-state index in [1.165, 1.54) is 0 Å². The van der Waals surface area contributed by atoms with Crippen LogP contribution in [-0.4, -0.2) is 28.5 Å². The molecule has 90 valence electrons. The molecule has 1 aliphatic carbocycles. The first-order chi connectivity index (χ1) is 7.23. The van der Waals surface area contributed by atoms with Gasteiger partial charge in [0.15, 0.2) is 0 Å². The summed E-state index contributed by atoms with van der Waals surface area (Å²) in [7, 11) is 0. The van der Waals surface area contributed by atoms with Gasteiger partial charge in [0.25, 0.3) is 0 Å². The van der Waals surface area contributed by atoms with E-state index in [1.807, 2.05) is 30.3 Å². The van der Waals surface area contributed by atoms with E-state index in [9.17, 15) is 0 Å². The second kappa shape index (κ2) is 5.10. The Morgan fingerprint density at radius 1 is 1.69 bits per heavy atom. The van der Waals surface area contributed by atoms with Crippen molar-refractivity contribution in [2.75, 3.05) is 12.9 Å². The third-order valence-electron chi connectivity index (χ3n) is 2.67. The van der Waals surface area contributed by atoms with Gasteiger partial charge in [-0.05, 0) is 26.0 Å². The van der Waals surface area contributed by atoms with Gasteiger partial charge in [-0.25, -0.2) is 0 Å². The molecule has 6 heteroatoms. The molecule has 1 saturated carbocycles. The highest BCUT2D eigenvalue weighted by atomic mass is 35.5. The predicted molar refractivity (Wildman–Crippen MR) is 67.8 cm³/mol. The monoisotopic (exact) mass is 261 g/mol. The minimum absolute atomic E-state index is 0. The summed E-state index contributed by atoms with van der Waals surface area (Å²) in [5.74, 6) is 0.348. The Balaban J connectivity index is 0.00000128. The first-order valence-corrected chi connectivity index (χ1v) is 6.26. The van der Waals surface area contributed by atoms with Crippen LogP contribution in [0, 0.1) is 5.41 Å². The van der Waals surface area contributed by atoms with Gasteiger partial charge in [-0.3, -0.25) is 10.1 Å². The Bertz CT molecular complexity index is 376.